The van der Waals surface area contributed by atoms with E-state index in [4.69, 9.17) is 4.74 Å². The first-order chi connectivity index (χ1) is 9.79. The van der Waals surface area contributed by atoms with Crippen LogP contribution in [0.25, 0.3) is 11.1 Å². The molecule has 3 rings (SSSR count). The summed E-state index contributed by atoms with van der Waals surface area (Å²) in [6.07, 6.45) is 2.25. The Hall–Kier alpha value is -2.09. The Kier molecular flexibility index (Phi) is 3.55. The summed E-state index contributed by atoms with van der Waals surface area (Å²) in [7, 11) is 1.47. The Balaban J connectivity index is 1.87. The lowest BCUT2D eigenvalue weighted by atomic mass is 9.92. The number of carbonyl (C=O) groups is 1. The van der Waals surface area contributed by atoms with Crippen LogP contribution in [-0.4, -0.2) is 13.1 Å². The molecule has 2 heteroatoms. The van der Waals surface area contributed by atoms with Crippen molar-refractivity contribution in [1.29, 1.82) is 0 Å². The number of benzene rings is 2. The van der Waals surface area contributed by atoms with E-state index in [-0.39, 0.29) is 11.9 Å². The van der Waals surface area contributed by atoms with Gasteiger partial charge in [0.2, 0.25) is 0 Å². The summed E-state index contributed by atoms with van der Waals surface area (Å²) in [6, 6.07) is 18.5. The van der Waals surface area contributed by atoms with Crippen LogP contribution in [-0.2, 0) is 9.53 Å². The van der Waals surface area contributed by atoms with E-state index in [1.807, 2.05) is 18.2 Å². The average Bonchev–Trinajstić information content (AvgIpc) is 3.34. The first kappa shape index (κ1) is 12.9. The molecule has 0 radical (unpaired) electrons. The van der Waals surface area contributed by atoms with Crippen molar-refractivity contribution in [3.05, 3.63) is 60.2 Å². The Morgan fingerprint density at radius 2 is 1.60 bits per heavy atom. The Labute approximate surface area is 119 Å². The zero-order chi connectivity index (χ0) is 13.9. The van der Waals surface area contributed by atoms with Crippen LogP contribution in [0.1, 0.15) is 24.3 Å². The zero-order valence-corrected chi connectivity index (χ0v) is 11.6. The molecule has 20 heavy (non-hydrogen) atoms. The van der Waals surface area contributed by atoms with E-state index < -0.39 is 0 Å². The molecule has 0 bridgehead atoms. The van der Waals surface area contributed by atoms with Crippen LogP contribution in [0.4, 0.5) is 0 Å². The molecule has 2 aromatic rings. The van der Waals surface area contributed by atoms with E-state index in [1.165, 1.54) is 18.2 Å². The van der Waals surface area contributed by atoms with Crippen molar-refractivity contribution >= 4 is 5.97 Å². The fourth-order valence-corrected chi connectivity index (χ4v) is 2.67. The smallest absolute Gasteiger partial charge is 0.313 e. The van der Waals surface area contributed by atoms with Crippen LogP contribution in [0.3, 0.4) is 0 Å². The van der Waals surface area contributed by atoms with Crippen LogP contribution in [0.15, 0.2) is 54.6 Å². The number of methoxy groups -OCH3 is 1. The molecular weight excluding hydrogens is 248 g/mol. The highest BCUT2D eigenvalue weighted by Gasteiger charge is 2.37. The molecule has 102 valence electrons. The number of hydrogen-bond donors (Lipinski definition) is 0. The summed E-state index contributed by atoms with van der Waals surface area (Å²) in [4.78, 5) is 11.9. The van der Waals surface area contributed by atoms with Crippen molar-refractivity contribution in [1.82, 2.24) is 0 Å². The maximum absolute atomic E-state index is 11.9. The van der Waals surface area contributed by atoms with Gasteiger partial charge in [0, 0.05) is 0 Å². The lowest BCUT2D eigenvalue weighted by Gasteiger charge is -2.14. The summed E-state index contributed by atoms with van der Waals surface area (Å²) in [5.74, 6) is 0.259. The normalized spacial score (nSPS) is 15.7. The molecule has 0 N–H and O–H groups in total. The predicted molar refractivity (Wildman–Crippen MR) is 79.4 cm³/mol. The fraction of sp³-hybridized carbons (Fsp3) is 0.278. The third-order valence-electron chi connectivity index (χ3n) is 3.93. The van der Waals surface area contributed by atoms with Gasteiger partial charge in [-0.3, -0.25) is 4.79 Å². The Morgan fingerprint density at radius 3 is 2.15 bits per heavy atom. The molecule has 1 fully saturated rings. The van der Waals surface area contributed by atoms with Crippen LogP contribution < -0.4 is 0 Å². The van der Waals surface area contributed by atoms with Gasteiger partial charge >= 0.3 is 5.97 Å². The maximum atomic E-state index is 11.9. The molecule has 0 amide bonds. The molecule has 1 atom stereocenters. The number of esters is 1. The van der Waals surface area contributed by atoms with Crippen molar-refractivity contribution in [3.63, 3.8) is 0 Å². The van der Waals surface area contributed by atoms with Crippen molar-refractivity contribution in [2.75, 3.05) is 7.11 Å². The number of rotatable bonds is 4. The molecule has 1 unspecified atom stereocenters. The monoisotopic (exact) mass is 266 g/mol. The highest BCUT2D eigenvalue weighted by molar-refractivity contribution is 5.79. The largest absolute Gasteiger partial charge is 0.469 e. The second-order valence-electron chi connectivity index (χ2n) is 5.33. The van der Waals surface area contributed by atoms with Gasteiger partial charge in [0.15, 0.2) is 0 Å². The van der Waals surface area contributed by atoms with Crippen molar-refractivity contribution < 1.29 is 9.53 Å². The molecule has 2 nitrogen and oxygen atoms in total. The highest BCUT2D eigenvalue weighted by Crippen LogP contribution is 2.43. The third-order valence-corrected chi connectivity index (χ3v) is 3.93. The van der Waals surface area contributed by atoms with Crippen molar-refractivity contribution in [2.45, 2.75) is 18.8 Å². The van der Waals surface area contributed by atoms with Crippen LogP contribution in [0, 0.1) is 5.92 Å². The lowest BCUT2D eigenvalue weighted by molar-refractivity contribution is -0.143. The SMILES string of the molecule is COC(=O)C(c1ccc(-c2ccccc2)cc1)C1CC1. The molecule has 0 aromatic heterocycles. The molecule has 0 saturated heterocycles. The van der Waals surface area contributed by atoms with Gasteiger partial charge in [0.05, 0.1) is 13.0 Å². The summed E-state index contributed by atoms with van der Waals surface area (Å²) in [5.41, 5.74) is 3.44. The molecular formula is C18H18O2. The van der Waals surface area contributed by atoms with Crippen LogP contribution in [0.2, 0.25) is 0 Å². The minimum Gasteiger partial charge on any atom is -0.469 e. The second kappa shape index (κ2) is 5.49. The van der Waals surface area contributed by atoms with Crippen molar-refractivity contribution in [2.24, 2.45) is 5.92 Å². The van der Waals surface area contributed by atoms with Gasteiger partial charge in [0.1, 0.15) is 0 Å². The minimum absolute atomic E-state index is 0.0928. The van der Waals surface area contributed by atoms with Gasteiger partial charge in [-0.15, -0.1) is 0 Å². The summed E-state index contributed by atoms with van der Waals surface area (Å²) >= 11 is 0. The van der Waals surface area contributed by atoms with E-state index in [0.29, 0.717) is 5.92 Å². The quantitative estimate of drug-likeness (QED) is 0.781. The van der Waals surface area contributed by atoms with E-state index in [0.717, 1.165) is 18.4 Å². The third kappa shape index (κ3) is 2.60. The number of carbonyl (C=O) groups excluding carboxylic acids is 1. The van der Waals surface area contributed by atoms with E-state index in [1.54, 1.807) is 0 Å². The van der Waals surface area contributed by atoms with Gasteiger partial charge < -0.3 is 4.74 Å². The number of ether oxygens (including phenoxy) is 1. The lowest BCUT2D eigenvalue weighted by Crippen LogP contribution is -2.16. The summed E-state index contributed by atoms with van der Waals surface area (Å²) in [6.45, 7) is 0. The molecule has 1 aliphatic carbocycles. The predicted octanol–water partition coefficient (Wildman–Crippen LogP) is 4.02. The fourth-order valence-electron chi connectivity index (χ4n) is 2.67. The van der Waals surface area contributed by atoms with Gasteiger partial charge in [-0.2, -0.15) is 0 Å². The molecule has 1 aliphatic rings. The molecule has 0 heterocycles. The van der Waals surface area contributed by atoms with Crippen LogP contribution in [0.5, 0.6) is 0 Å². The van der Waals surface area contributed by atoms with Crippen LogP contribution >= 0.6 is 0 Å². The van der Waals surface area contributed by atoms with Gasteiger partial charge in [0.25, 0.3) is 0 Å². The zero-order valence-electron chi connectivity index (χ0n) is 11.6. The maximum Gasteiger partial charge on any atom is 0.313 e. The molecule has 0 aliphatic heterocycles. The summed E-state index contributed by atoms with van der Waals surface area (Å²) < 4.78 is 4.94. The first-order valence-electron chi connectivity index (χ1n) is 7.03. The molecule has 2 aromatic carbocycles. The van der Waals surface area contributed by atoms with Gasteiger partial charge in [-0.1, -0.05) is 54.6 Å². The van der Waals surface area contributed by atoms with E-state index in [2.05, 4.69) is 36.4 Å². The Morgan fingerprint density at radius 1 is 1.00 bits per heavy atom. The average molecular weight is 266 g/mol. The number of hydrogen-bond acceptors (Lipinski definition) is 2. The Bertz CT molecular complexity index is 583. The second-order valence-corrected chi connectivity index (χ2v) is 5.33. The standard InChI is InChI=1S/C18H18O2/c1-20-18(19)17(16-11-12-16)15-9-7-14(8-10-15)13-5-3-2-4-6-13/h2-10,16-17H,11-12H2,1H3. The first-order valence-corrected chi connectivity index (χ1v) is 7.03. The van der Waals surface area contributed by atoms with E-state index >= 15 is 0 Å². The van der Waals surface area contributed by atoms with Crippen molar-refractivity contribution in [3.8, 4) is 11.1 Å². The highest BCUT2D eigenvalue weighted by atomic mass is 16.5. The van der Waals surface area contributed by atoms with Gasteiger partial charge in [-0.05, 0) is 35.4 Å². The molecule has 0 spiro atoms. The summed E-state index contributed by atoms with van der Waals surface area (Å²) in [5, 5.41) is 0. The molecule has 1 saturated carbocycles. The van der Waals surface area contributed by atoms with E-state index in [9.17, 15) is 4.79 Å². The topological polar surface area (TPSA) is 26.3 Å². The van der Waals surface area contributed by atoms with Gasteiger partial charge in [-0.25, -0.2) is 0 Å². The minimum atomic E-state index is -0.111.